The lowest BCUT2D eigenvalue weighted by Gasteiger charge is -2.34. The largest absolute Gasteiger partial charge is 0.343 e. The van der Waals surface area contributed by atoms with Crippen molar-refractivity contribution >= 4 is 11.8 Å². The van der Waals surface area contributed by atoms with Gasteiger partial charge < -0.3 is 16.4 Å². The number of hydrogen-bond acceptors (Lipinski definition) is 3. The zero-order valence-electron chi connectivity index (χ0n) is 10.8. The molecule has 2 atom stereocenters. The molecule has 1 aliphatic carbocycles. The van der Waals surface area contributed by atoms with Crippen molar-refractivity contribution in [3.8, 4) is 0 Å². The third-order valence-corrected chi connectivity index (χ3v) is 4.01. The topological polar surface area (TPSA) is 84.2 Å². The Hall–Kier alpha value is -1.10. The Kier molecular flexibility index (Phi) is 4.58. The number of carbonyl (C=O) groups excluding carboxylic acids is 2. The van der Waals surface area contributed by atoms with Gasteiger partial charge in [0.2, 0.25) is 11.8 Å². The SMILES string of the molecule is NCCCC[C@@H]1NC(=O)[C@H](CC2CCC2)NC1=O. The number of carbonyl (C=O) groups is 2. The summed E-state index contributed by atoms with van der Waals surface area (Å²) < 4.78 is 0. The molecule has 0 bridgehead atoms. The standard InChI is InChI=1S/C13H23N3O2/c14-7-2-1-6-10-12(17)16-11(13(18)15-10)8-9-4-3-5-9/h9-11H,1-8,14H2,(H,15,18)(H,16,17)/t10-,11-/m0/s1. The van der Waals surface area contributed by atoms with Gasteiger partial charge in [0.15, 0.2) is 0 Å². The molecule has 0 spiro atoms. The number of nitrogens with two attached hydrogens (primary N) is 1. The maximum Gasteiger partial charge on any atom is 0.243 e. The van der Waals surface area contributed by atoms with Gasteiger partial charge in [-0.15, -0.1) is 0 Å². The molecular formula is C13H23N3O2. The van der Waals surface area contributed by atoms with Crippen molar-refractivity contribution < 1.29 is 9.59 Å². The minimum atomic E-state index is -0.360. The summed E-state index contributed by atoms with van der Waals surface area (Å²) >= 11 is 0. The quantitative estimate of drug-likeness (QED) is 0.595. The molecule has 0 unspecified atom stereocenters. The lowest BCUT2D eigenvalue weighted by molar-refractivity contribution is -0.137. The third-order valence-electron chi connectivity index (χ3n) is 4.01. The Bertz CT molecular complexity index is 315. The molecule has 1 saturated carbocycles. The Labute approximate surface area is 108 Å². The van der Waals surface area contributed by atoms with Crippen molar-refractivity contribution in [1.82, 2.24) is 10.6 Å². The van der Waals surface area contributed by atoms with Gasteiger partial charge in [-0.2, -0.15) is 0 Å². The van der Waals surface area contributed by atoms with Crippen LogP contribution in [-0.4, -0.2) is 30.4 Å². The Morgan fingerprint density at radius 3 is 2.33 bits per heavy atom. The summed E-state index contributed by atoms with van der Waals surface area (Å²) in [5.41, 5.74) is 5.42. The van der Waals surface area contributed by atoms with Gasteiger partial charge in [-0.25, -0.2) is 0 Å². The van der Waals surface area contributed by atoms with E-state index in [1.165, 1.54) is 19.3 Å². The molecule has 2 fully saturated rings. The maximum atomic E-state index is 11.9. The van der Waals surface area contributed by atoms with Crippen molar-refractivity contribution in [3.63, 3.8) is 0 Å². The second-order valence-electron chi connectivity index (χ2n) is 5.44. The average molecular weight is 253 g/mol. The summed E-state index contributed by atoms with van der Waals surface area (Å²) in [6.45, 7) is 0.632. The fraction of sp³-hybridized carbons (Fsp3) is 0.846. The van der Waals surface area contributed by atoms with Crippen LogP contribution in [-0.2, 0) is 9.59 Å². The van der Waals surface area contributed by atoms with E-state index in [0.717, 1.165) is 19.3 Å². The predicted octanol–water partition coefficient (Wildman–Crippen LogP) is 0.289. The van der Waals surface area contributed by atoms with E-state index in [2.05, 4.69) is 10.6 Å². The van der Waals surface area contributed by atoms with Crippen LogP contribution in [0.5, 0.6) is 0 Å². The van der Waals surface area contributed by atoms with Crippen molar-refractivity contribution in [3.05, 3.63) is 0 Å². The smallest absolute Gasteiger partial charge is 0.243 e. The third kappa shape index (κ3) is 3.22. The van der Waals surface area contributed by atoms with Gasteiger partial charge >= 0.3 is 0 Å². The molecule has 0 aromatic rings. The average Bonchev–Trinajstić information content (AvgIpc) is 2.29. The summed E-state index contributed by atoms with van der Waals surface area (Å²) in [6.07, 6.45) is 6.90. The van der Waals surface area contributed by atoms with Gasteiger partial charge in [0.1, 0.15) is 12.1 Å². The van der Waals surface area contributed by atoms with E-state index in [-0.39, 0.29) is 23.9 Å². The van der Waals surface area contributed by atoms with Crippen LogP contribution < -0.4 is 16.4 Å². The fourth-order valence-corrected chi connectivity index (χ4v) is 2.60. The molecule has 0 radical (unpaired) electrons. The first-order valence-electron chi connectivity index (χ1n) is 7.01. The van der Waals surface area contributed by atoms with E-state index in [9.17, 15) is 9.59 Å². The van der Waals surface area contributed by atoms with E-state index in [4.69, 9.17) is 5.73 Å². The Morgan fingerprint density at radius 2 is 1.72 bits per heavy atom. The van der Waals surface area contributed by atoms with Crippen LogP contribution in [0.4, 0.5) is 0 Å². The second kappa shape index (κ2) is 6.18. The predicted molar refractivity (Wildman–Crippen MR) is 68.7 cm³/mol. The molecule has 2 aliphatic rings. The number of nitrogens with one attached hydrogen (secondary N) is 2. The normalized spacial score (nSPS) is 28.5. The molecule has 5 heteroatoms. The van der Waals surface area contributed by atoms with Crippen LogP contribution in [0.15, 0.2) is 0 Å². The number of hydrogen-bond donors (Lipinski definition) is 3. The van der Waals surface area contributed by atoms with Gasteiger partial charge in [-0.1, -0.05) is 19.3 Å². The number of unbranched alkanes of at least 4 members (excludes halogenated alkanes) is 1. The number of rotatable bonds is 6. The lowest BCUT2D eigenvalue weighted by Crippen LogP contribution is -2.62. The summed E-state index contributed by atoms with van der Waals surface area (Å²) in [6, 6.07) is -0.671. The van der Waals surface area contributed by atoms with E-state index >= 15 is 0 Å². The second-order valence-corrected chi connectivity index (χ2v) is 5.44. The highest BCUT2D eigenvalue weighted by Gasteiger charge is 2.35. The van der Waals surface area contributed by atoms with Crippen molar-refractivity contribution in [1.29, 1.82) is 0 Å². The minimum absolute atomic E-state index is 0.0146. The molecule has 1 aliphatic heterocycles. The molecule has 0 aromatic carbocycles. The summed E-state index contributed by atoms with van der Waals surface area (Å²) in [5.74, 6) is 0.574. The molecule has 1 heterocycles. The van der Waals surface area contributed by atoms with E-state index in [1.807, 2.05) is 0 Å². The molecule has 0 aromatic heterocycles. The highest BCUT2D eigenvalue weighted by molar-refractivity contribution is 5.96. The van der Waals surface area contributed by atoms with Crippen LogP contribution in [0.3, 0.4) is 0 Å². The summed E-state index contributed by atoms with van der Waals surface area (Å²) in [5, 5.41) is 5.70. The first kappa shape index (κ1) is 13.3. The molecule has 2 rings (SSSR count). The Balaban J connectivity index is 1.78. The van der Waals surface area contributed by atoms with Gasteiger partial charge in [0.05, 0.1) is 0 Å². The van der Waals surface area contributed by atoms with Crippen molar-refractivity contribution in [2.24, 2.45) is 11.7 Å². The fourth-order valence-electron chi connectivity index (χ4n) is 2.60. The molecule has 1 saturated heterocycles. The first-order chi connectivity index (χ1) is 8.70. The van der Waals surface area contributed by atoms with Gasteiger partial charge in [-0.3, -0.25) is 9.59 Å². The van der Waals surface area contributed by atoms with Gasteiger partial charge in [-0.05, 0) is 38.1 Å². The highest BCUT2D eigenvalue weighted by atomic mass is 16.2. The molecule has 18 heavy (non-hydrogen) atoms. The van der Waals surface area contributed by atoms with Crippen LogP contribution in [0, 0.1) is 5.92 Å². The van der Waals surface area contributed by atoms with Gasteiger partial charge in [0.25, 0.3) is 0 Å². The summed E-state index contributed by atoms with van der Waals surface area (Å²) in [7, 11) is 0. The molecular weight excluding hydrogens is 230 g/mol. The minimum Gasteiger partial charge on any atom is -0.343 e. The first-order valence-corrected chi connectivity index (χ1v) is 7.01. The van der Waals surface area contributed by atoms with Crippen LogP contribution >= 0.6 is 0 Å². The molecule has 2 amide bonds. The molecule has 5 nitrogen and oxygen atoms in total. The zero-order chi connectivity index (χ0) is 13.0. The van der Waals surface area contributed by atoms with E-state index < -0.39 is 0 Å². The van der Waals surface area contributed by atoms with E-state index in [1.54, 1.807) is 0 Å². The highest BCUT2D eigenvalue weighted by Crippen LogP contribution is 2.30. The lowest BCUT2D eigenvalue weighted by atomic mass is 9.80. The van der Waals surface area contributed by atoms with Gasteiger partial charge in [0, 0.05) is 0 Å². The monoisotopic (exact) mass is 253 g/mol. The summed E-state index contributed by atoms with van der Waals surface area (Å²) in [4.78, 5) is 23.8. The van der Waals surface area contributed by atoms with E-state index in [0.29, 0.717) is 18.9 Å². The van der Waals surface area contributed by atoms with Crippen molar-refractivity contribution in [2.75, 3.05) is 6.54 Å². The van der Waals surface area contributed by atoms with Crippen LogP contribution in [0.25, 0.3) is 0 Å². The number of piperazine rings is 1. The maximum absolute atomic E-state index is 11.9. The molecule has 4 N–H and O–H groups in total. The van der Waals surface area contributed by atoms with Crippen molar-refractivity contribution in [2.45, 2.75) is 57.0 Å². The Morgan fingerprint density at radius 1 is 1.06 bits per heavy atom. The van der Waals surface area contributed by atoms with Crippen LogP contribution in [0.2, 0.25) is 0 Å². The zero-order valence-corrected chi connectivity index (χ0v) is 10.8. The van der Waals surface area contributed by atoms with Crippen LogP contribution in [0.1, 0.15) is 44.9 Å². The molecule has 102 valence electrons. The number of amides is 2.